The van der Waals surface area contributed by atoms with Gasteiger partial charge in [0.2, 0.25) is 5.91 Å². The lowest BCUT2D eigenvalue weighted by Crippen LogP contribution is -2.37. The molecule has 1 amide bonds. The first-order valence-corrected chi connectivity index (χ1v) is 12.9. The van der Waals surface area contributed by atoms with Crippen LogP contribution >= 0.6 is 0 Å². The Morgan fingerprint density at radius 3 is 1.77 bits per heavy atom. The second kappa shape index (κ2) is 23.1. The molecule has 0 aliphatic heterocycles. The number of carbonyl (C=O) groups excluding carboxylic acids is 1. The number of hydrogen-bond donors (Lipinski definition) is 2. The minimum absolute atomic E-state index is 0.00804. The molecule has 0 aliphatic carbocycles. The number of carboxylic acid groups (broad SMARTS) is 1. The van der Waals surface area contributed by atoms with E-state index >= 15 is 0 Å². The second-order valence-electron chi connectivity index (χ2n) is 8.12. The quantitative estimate of drug-likeness (QED) is 0.161. The van der Waals surface area contributed by atoms with E-state index in [2.05, 4.69) is 23.5 Å². The third-order valence-electron chi connectivity index (χ3n) is 4.96. The summed E-state index contributed by atoms with van der Waals surface area (Å²) in [6.45, 7) is 13.0. The summed E-state index contributed by atoms with van der Waals surface area (Å²) in [6, 6.07) is 3.74. The van der Waals surface area contributed by atoms with Gasteiger partial charge in [-0.15, -0.1) is 0 Å². The summed E-state index contributed by atoms with van der Waals surface area (Å²) in [5.41, 5.74) is 1.63. The average molecular weight is 554 g/mol. The highest BCUT2D eigenvalue weighted by molar-refractivity contribution is 5.81. The van der Waals surface area contributed by atoms with E-state index in [1.807, 2.05) is 12.1 Å². The molecule has 2 N–H and O–H groups in total. The van der Waals surface area contributed by atoms with Gasteiger partial charge in [0.1, 0.15) is 5.82 Å². The first-order chi connectivity index (χ1) is 19.0. The van der Waals surface area contributed by atoms with Crippen molar-refractivity contribution in [2.75, 3.05) is 104 Å². The molecule has 12 heteroatoms. The Balaban J connectivity index is 1.87. The predicted octanol–water partition coefficient (Wildman–Crippen LogP) is 1.49. The van der Waals surface area contributed by atoms with E-state index < -0.39 is 5.97 Å². The third-order valence-corrected chi connectivity index (χ3v) is 4.96. The van der Waals surface area contributed by atoms with E-state index in [1.54, 1.807) is 24.1 Å². The maximum atomic E-state index is 12.2. The number of nitrogens with one attached hydrogen (secondary N) is 1. The van der Waals surface area contributed by atoms with Crippen molar-refractivity contribution in [3.63, 3.8) is 0 Å². The van der Waals surface area contributed by atoms with E-state index in [0.717, 1.165) is 11.3 Å². The Morgan fingerprint density at radius 2 is 1.31 bits per heavy atom. The van der Waals surface area contributed by atoms with Crippen LogP contribution in [0, 0.1) is 0 Å². The van der Waals surface area contributed by atoms with E-state index in [9.17, 15) is 9.59 Å². The summed E-state index contributed by atoms with van der Waals surface area (Å²) in [5.74, 6) is -0.339. The Labute approximate surface area is 230 Å². The smallest absolute Gasteiger partial charge is 0.305 e. The fourth-order valence-electron chi connectivity index (χ4n) is 2.95. The van der Waals surface area contributed by atoms with Crippen molar-refractivity contribution >= 4 is 29.8 Å². The highest BCUT2D eigenvalue weighted by Gasteiger charge is 2.09. The molecule has 0 radical (unpaired) electrons. The number of carboxylic acids is 1. The number of rotatable bonds is 26. The Morgan fingerprint density at radius 1 is 0.821 bits per heavy atom. The minimum Gasteiger partial charge on any atom is -0.481 e. The van der Waals surface area contributed by atoms with Crippen molar-refractivity contribution in [1.82, 2.24) is 10.3 Å². The molecule has 1 aromatic rings. The van der Waals surface area contributed by atoms with Gasteiger partial charge in [-0.2, -0.15) is 0 Å². The number of likely N-dealkylation sites (N-methyl/N-ethyl adjacent to an activating group) is 1. The van der Waals surface area contributed by atoms with Gasteiger partial charge in [-0.05, 0) is 23.8 Å². The molecule has 0 unspecified atom stereocenters. The summed E-state index contributed by atoms with van der Waals surface area (Å²) in [5, 5.41) is 11.3. The molecular weight excluding hydrogens is 510 g/mol. The van der Waals surface area contributed by atoms with Crippen LogP contribution in [-0.4, -0.2) is 121 Å². The Bertz CT molecular complexity index is 812. The maximum Gasteiger partial charge on any atom is 0.305 e. The van der Waals surface area contributed by atoms with Crippen molar-refractivity contribution in [2.24, 2.45) is 0 Å². The van der Waals surface area contributed by atoms with Crippen LogP contribution in [0.25, 0.3) is 12.2 Å². The van der Waals surface area contributed by atoms with Crippen LogP contribution in [0.5, 0.6) is 0 Å². The summed E-state index contributed by atoms with van der Waals surface area (Å²) in [4.78, 5) is 28.7. The first-order valence-electron chi connectivity index (χ1n) is 12.9. The van der Waals surface area contributed by atoms with Gasteiger partial charge in [0.15, 0.2) is 0 Å². The van der Waals surface area contributed by atoms with Gasteiger partial charge in [0.05, 0.1) is 97.9 Å². The van der Waals surface area contributed by atoms with Crippen LogP contribution in [0.4, 0.5) is 5.82 Å². The molecule has 220 valence electrons. The van der Waals surface area contributed by atoms with Crippen molar-refractivity contribution in [2.45, 2.75) is 6.42 Å². The highest BCUT2D eigenvalue weighted by Crippen LogP contribution is 2.15. The van der Waals surface area contributed by atoms with Crippen LogP contribution in [0.15, 0.2) is 25.3 Å². The molecule has 0 bridgehead atoms. The van der Waals surface area contributed by atoms with Gasteiger partial charge in [-0.3, -0.25) is 9.59 Å². The number of aliphatic carboxylic acids is 1. The fraction of sp³-hybridized carbons (Fsp3) is 0.593. The first kappa shape index (κ1) is 34.2. The maximum absolute atomic E-state index is 12.2. The standard InChI is InChI=1S/C27H43N3O9/c1-4-23-20-24(5-2)29-25(21-23)30(3)22-26(31)28-7-9-35-11-13-37-15-17-39-19-18-38-16-14-36-12-10-34-8-6-27(32)33/h4-5,20-21H,1-2,6-19,22H2,3H3,(H,28,31)(H,32,33). The van der Waals surface area contributed by atoms with Crippen LogP contribution in [0.3, 0.4) is 0 Å². The zero-order valence-electron chi connectivity index (χ0n) is 22.9. The van der Waals surface area contributed by atoms with Crippen molar-refractivity contribution in [3.8, 4) is 0 Å². The van der Waals surface area contributed by atoms with Crippen LogP contribution in [-0.2, 0) is 38.0 Å². The average Bonchev–Trinajstić information content (AvgIpc) is 2.93. The molecule has 0 spiro atoms. The normalized spacial score (nSPS) is 10.8. The monoisotopic (exact) mass is 553 g/mol. The van der Waals surface area contributed by atoms with Gasteiger partial charge in [-0.25, -0.2) is 4.98 Å². The van der Waals surface area contributed by atoms with Gasteiger partial charge in [0.25, 0.3) is 0 Å². The summed E-state index contributed by atoms with van der Waals surface area (Å²) < 4.78 is 32.1. The number of aromatic nitrogens is 1. The molecule has 12 nitrogen and oxygen atoms in total. The molecule has 1 rings (SSSR count). The van der Waals surface area contributed by atoms with Crippen LogP contribution < -0.4 is 10.2 Å². The summed E-state index contributed by atoms with van der Waals surface area (Å²) >= 11 is 0. The number of anilines is 1. The summed E-state index contributed by atoms with van der Waals surface area (Å²) in [7, 11) is 1.80. The van der Waals surface area contributed by atoms with Crippen molar-refractivity contribution < 1.29 is 43.1 Å². The predicted molar refractivity (Wildman–Crippen MR) is 148 cm³/mol. The van der Waals surface area contributed by atoms with Gasteiger partial charge in [0, 0.05) is 13.6 Å². The molecule has 0 fully saturated rings. The zero-order chi connectivity index (χ0) is 28.6. The number of amides is 1. The van der Waals surface area contributed by atoms with Crippen LogP contribution in [0.2, 0.25) is 0 Å². The molecule has 0 saturated carbocycles. The van der Waals surface area contributed by atoms with Crippen molar-refractivity contribution in [3.05, 3.63) is 36.5 Å². The number of pyridine rings is 1. The Kier molecular flexibility index (Phi) is 20.2. The number of nitrogens with zero attached hydrogens (tertiary/aromatic N) is 2. The molecule has 1 heterocycles. The topological polar surface area (TPSA) is 138 Å². The molecule has 39 heavy (non-hydrogen) atoms. The number of ether oxygens (including phenoxy) is 6. The van der Waals surface area contributed by atoms with Gasteiger partial charge in [-0.1, -0.05) is 19.2 Å². The minimum atomic E-state index is -0.879. The lowest BCUT2D eigenvalue weighted by Gasteiger charge is -2.18. The molecule has 0 aromatic carbocycles. The van der Waals surface area contributed by atoms with E-state index in [-0.39, 0.29) is 25.5 Å². The fourth-order valence-corrected chi connectivity index (χ4v) is 2.95. The Hall–Kier alpha value is -2.87. The number of carbonyl (C=O) groups is 2. The zero-order valence-corrected chi connectivity index (χ0v) is 22.9. The SMILES string of the molecule is C=Cc1cc(C=C)nc(N(C)CC(=O)NCCOCCOCCOCCOCCOCCOCCC(=O)O)c1. The lowest BCUT2D eigenvalue weighted by atomic mass is 10.2. The molecule has 0 aliphatic rings. The van der Waals surface area contributed by atoms with Gasteiger partial charge >= 0.3 is 5.97 Å². The van der Waals surface area contributed by atoms with Gasteiger partial charge < -0.3 is 43.7 Å². The summed E-state index contributed by atoms with van der Waals surface area (Å²) in [6.07, 6.45) is 3.38. The van der Waals surface area contributed by atoms with E-state index in [4.69, 9.17) is 33.5 Å². The van der Waals surface area contributed by atoms with Crippen LogP contribution in [0.1, 0.15) is 17.7 Å². The van der Waals surface area contributed by atoms with Crippen molar-refractivity contribution in [1.29, 1.82) is 0 Å². The lowest BCUT2D eigenvalue weighted by molar-refractivity contribution is -0.138. The largest absolute Gasteiger partial charge is 0.481 e. The number of hydrogen-bond acceptors (Lipinski definition) is 10. The third kappa shape index (κ3) is 18.9. The van der Waals surface area contributed by atoms with E-state index in [0.29, 0.717) is 85.0 Å². The second-order valence-corrected chi connectivity index (χ2v) is 8.12. The van der Waals surface area contributed by atoms with E-state index in [1.165, 1.54) is 0 Å². The highest BCUT2D eigenvalue weighted by atomic mass is 16.6. The molecule has 0 saturated heterocycles. The molecule has 0 atom stereocenters. The molecular formula is C27H43N3O9. The molecule has 1 aromatic heterocycles.